The first-order valence-electron chi connectivity index (χ1n) is 5.21. The van der Waals surface area contributed by atoms with E-state index in [-0.39, 0.29) is 5.56 Å². The summed E-state index contributed by atoms with van der Waals surface area (Å²) >= 11 is 0. The number of rotatable bonds is 2. The Balaban J connectivity index is 2.57. The number of nitrogens with zero attached hydrogens (tertiary/aromatic N) is 2. The smallest absolute Gasteiger partial charge is 0.337 e. The van der Waals surface area contributed by atoms with E-state index in [4.69, 9.17) is 5.11 Å². The summed E-state index contributed by atoms with van der Waals surface area (Å²) in [6.45, 7) is 3.48. The van der Waals surface area contributed by atoms with Gasteiger partial charge in [-0.15, -0.1) is 0 Å². The van der Waals surface area contributed by atoms with Gasteiger partial charge in [0.05, 0.1) is 17.0 Å². The molecule has 0 saturated carbocycles. The molecule has 2 aromatic rings. The van der Waals surface area contributed by atoms with Crippen LogP contribution in [0.2, 0.25) is 0 Å². The van der Waals surface area contributed by atoms with Crippen LogP contribution in [0.15, 0.2) is 30.6 Å². The zero-order valence-electron chi connectivity index (χ0n) is 9.64. The average molecular weight is 228 g/mol. The highest BCUT2D eigenvalue weighted by Gasteiger charge is 2.13. The van der Waals surface area contributed by atoms with Gasteiger partial charge in [-0.1, -0.05) is 0 Å². The minimum Gasteiger partial charge on any atom is -0.478 e. The second kappa shape index (κ2) is 4.33. The Kier molecular flexibility index (Phi) is 2.87. The molecular weight excluding hydrogens is 216 g/mol. The van der Waals surface area contributed by atoms with Gasteiger partial charge in [-0.2, -0.15) is 0 Å². The lowest BCUT2D eigenvalue weighted by atomic mass is 10.0. The number of aryl methyl sites for hydroxylation is 2. The second-order valence-corrected chi connectivity index (χ2v) is 3.83. The van der Waals surface area contributed by atoms with Crippen LogP contribution in [-0.4, -0.2) is 21.0 Å². The van der Waals surface area contributed by atoms with Crippen LogP contribution in [-0.2, 0) is 0 Å². The molecule has 0 radical (unpaired) electrons. The SMILES string of the molecule is Cc1cc(-c2cccnc2)nc(C)c1C(=O)O. The lowest BCUT2D eigenvalue weighted by Crippen LogP contribution is -2.05. The van der Waals surface area contributed by atoms with E-state index in [1.807, 2.05) is 12.1 Å². The van der Waals surface area contributed by atoms with E-state index in [2.05, 4.69) is 9.97 Å². The van der Waals surface area contributed by atoms with Gasteiger partial charge in [0.25, 0.3) is 0 Å². The van der Waals surface area contributed by atoms with Crippen LogP contribution in [0.5, 0.6) is 0 Å². The number of pyridine rings is 2. The summed E-state index contributed by atoms with van der Waals surface area (Å²) in [6.07, 6.45) is 3.40. The second-order valence-electron chi connectivity index (χ2n) is 3.83. The third-order valence-corrected chi connectivity index (χ3v) is 2.57. The van der Waals surface area contributed by atoms with Gasteiger partial charge >= 0.3 is 5.97 Å². The zero-order valence-corrected chi connectivity index (χ0v) is 9.64. The van der Waals surface area contributed by atoms with E-state index in [0.29, 0.717) is 11.3 Å². The minimum atomic E-state index is -0.940. The third-order valence-electron chi connectivity index (χ3n) is 2.57. The summed E-state index contributed by atoms with van der Waals surface area (Å²) in [5.41, 5.74) is 3.14. The van der Waals surface area contributed by atoms with Crippen LogP contribution in [0.1, 0.15) is 21.6 Å². The van der Waals surface area contributed by atoms with Crippen molar-refractivity contribution < 1.29 is 9.90 Å². The molecule has 0 atom stereocenters. The number of carboxylic acids is 1. The molecular formula is C13H12N2O2. The van der Waals surface area contributed by atoms with Gasteiger partial charge in [0, 0.05) is 18.0 Å². The topological polar surface area (TPSA) is 63.1 Å². The molecule has 0 aliphatic heterocycles. The predicted octanol–water partition coefficient (Wildman–Crippen LogP) is 2.46. The Bertz CT molecular complexity index is 542. The fourth-order valence-corrected chi connectivity index (χ4v) is 1.82. The fourth-order valence-electron chi connectivity index (χ4n) is 1.82. The number of hydrogen-bond acceptors (Lipinski definition) is 3. The zero-order chi connectivity index (χ0) is 12.4. The third kappa shape index (κ3) is 2.15. The molecule has 4 nitrogen and oxygen atoms in total. The molecule has 0 saturated heterocycles. The molecule has 0 bridgehead atoms. The summed E-state index contributed by atoms with van der Waals surface area (Å²) in [5.74, 6) is -0.940. The van der Waals surface area contributed by atoms with Crippen LogP contribution in [0.4, 0.5) is 0 Å². The Labute approximate surface area is 99.0 Å². The molecule has 2 rings (SSSR count). The fraction of sp³-hybridized carbons (Fsp3) is 0.154. The van der Waals surface area contributed by atoms with Gasteiger partial charge in [-0.3, -0.25) is 9.97 Å². The molecule has 86 valence electrons. The van der Waals surface area contributed by atoms with Gasteiger partial charge in [0.15, 0.2) is 0 Å². The van der Waals surface area contributed by atoms with Crippen molar-refractivity contribution in [3.8, 4) is 11.3 Å². The quantitative estimate of drug-likeness (QED) is 0.857. The van der Waals surface area contributed by atoms with Crippen molar-refractivity contribution in [2.45, 2.75) is 13.8 Å². The van der Waals surface area contributed by atoms with Gasteiger partial charge in [-0.05, 0) is 37.6 Å². The molecule has 0 fully saturated rings. The average Bonchev–Trinajstić information content (AvgIpc) is 2.28. The highest BCUT2D eigenvalue weighted by atomic mass is 16.4. The molecule has 0 aliphatic carbocycles. The molecule has 0 aromatic carbocycles. The Morgan fingerprint density at radius 1 is 1.35 bits per heavy atom. The van der Waals surface area contributed by atoms with Crippen LogP contribution >= 0.6 is 0 Å². The molecule has 2 heterocycles. The number of aromatic carboxylic acids is 1. The van der Waals surface area contributed by atoms with Crippen LogP contribution < -0.4 is 0 Å². The van der Waals surface area contributed by atoms with E-state index in [1.54, 1.807) is 32.3 Å². The van der Waals surface area contributed by atoms with Crippen LogP contribution in [0, 0.1) is 13.8 Å². The van der Waals surface area contributed by atoms with Gasteiger partial charge < -0.3 is 5.11 Å². The molecule has 17 heavy (non-hydrogen) atoms. The molecule has 0 unspecified atom stereocenters. The maximum Gasteiger partial charge on any atom is 0.337 e. The first-order valence-corrected chi connectivity index (χ1v) is 5.21. The summed E-state index contributed by atoms with van der Waals surface area (Å²) in [4.78, 5) is 19.4. The van der Waals surface area contributed by atoms with Crippen molar-refractivity contribution >= 4 is 5.97 Å². The first-order chi connectivity index (χ1) is 8.09. The maximum absolute atomic E-state index is 11.0. The van der Waals surface area contributed by atoms with Crippen molar-refractivity contribution in [2.24, 2.45) is 0 Å². The molecule has 2 aromatic heterocycles. The van der Waals surface area contributed by atoms with E-state index < -0.39 is 5.97 Å². The monoisotopic (exact) mass is 228 g/mol. The maximum atomic E-state index is 11.0. The van der Waals surface area contributed by atoms with Crippen LogP contribution in [0.25, 0.3) is 11.3 Å². The summed E-state index contributed by atoms with van der Waals surface area (Å²) in [7, 11) is 0. The number of hydrogen-bond donors (Lipinski definition) is 1. The molecule has 4 heteroatoms. The Morgan fingerprint density at radius 2 is 2.12 bits per heavy atom. The van der Waals surface area contributed by atoms with E-state index >= 15 is 0 Å². The van der Waals surface area contributed by atoms with E-state index in [0.717, 1.165) is 11.3 Å². The van der Waals surface area contributed by atoms with Crippen molar-refractivity contribution in [3.05, 3.63) is 47.4 Å². The highest BCUT2D eigenvalue weighted by Crippen LogP contribution is 2.21. The lowest BCUT2D eigenvalue weighted by Gasteiger charge is -2.08. The van der Waals surface area contributed by atoms with Crippen LogP contribution in [0.3, 0.4) is 0 Å². The van der Waals surface area contributed by atoms with Gasteiger partial charge in [-0.25, -0.2) is 4.79 Å². The number of aromatic nitrogens is 2. The Morgan fingerprint density at radius 3 is 2.65 bits per heavy atom. The van der Waals surface area contributed by atoms with E-state index in [9.17, 15) is 4.79 Å². The Hall–Kier alpha value is -2.23. The predicted molar refractivity (Wildman–Crippen MR) is 63.9 cm³/mol. The standard InChI is InChI=1S/C13H12N2O2/c1-8-6-11(10-4-3-5-14-7-10)15-9(2)12(8)13(16)17/h3-7H,1-2H3,(H,16,17). The molecule has 1 N–H and O–H groups in total. The number of carbonyl (C=O) groups is 1. The molecule has 0 amide bonds. The number of carboxylic acid groups (broad SMARTS) is 1. The normalized spacial score (nSPS) is 10.2. The van der Waals surface area contributed by atoms with Crippen molar-refractivity contribution in [2.75, 3.05) is 0 Å². The minimum absolute atomic E-state index is 0.276. The van der Waals surface area contributed by atoms with Crippen molar-refractivity contribution in [1.82, 2.24) is 9.97 Å². The summed E-state index contributed by atoms with van der Waals surface area (Å²) in [5, 5.41) is 9.06. The largest absolute Gasteiger partial charge is 0.478 e. The van der Waals surface area contributed by atoms with E-state index in [1.165, 1.54) is 0 Å². The first kappa shape index (κ1) is 11.3. The lowest BCUT2D eigenvalue weighted by molar-refractivity contribution is 0.0695. The highest BCUT2D eigenvalue weighted by molar-refractivity contribution is 5.91. The van der Waals surface area contributed by atoms with Gasteiger partial charge in [0.2, 0.25) is 0 Å². The summed E-state index contributed by atoms with van der Waals surface area (Å²) in [6, 6.07) is 5.49. The van der Waals surface area contributed by atoms with Crippen molar-refractivity contribution in [3.63, 3.8) is 0 Å². The molecule has 0 spiro atoms. The summed E-state index contributed by atoms with van der Waals surface area (Å²) < 4.78 is 0. The van der Waals surface area contributed by atoms with Crippen molar-refractivity contribution in [1.29, 1.82) is 0 Å². The van der Waals surface area contributed by atoms with Gasteiger partial charge in [0.1, 0.15) is 0 Å². The molecule has 0 aliphatic rings.